The quantitative estimate of drug-likeness (QED) is 0.802. The Morgan fingerprint density at radius 3 is 2.57 bits per heavy atom. The van der Waals surface area contributed by atoms with Crippen molar-refractivity contribution in [2.45, 2.75) is 20.3 Å². The molecule has 0 spiro atoms. The van der Waals surface area contributed by atoms with Crippen molar-refractivity contribution >= 4 is 29.3 Å². The van der Waals surface area contributed by atoms with Gasteiger partial charge in [-0.3, -0.25) is 4.79 Å². The molecule has 1 amide bonds. The third-order valence-electron chi connectivity index (χ3n) is 3.29. The van der Waals surface area contributed by atoms with Crippen molar-refractivity contribution in [1.82, 2.24) is 0 Å². The molecule has 1 N–H and O–H groups in total. The number of hydrogen-bond acceptors (Lipinski definition) is 1. The van der Waals surface area contributed by atoms with Gasteiger partial charge in [-0.05, 0) is 48.2 Å². The first kappa shape index (κ1) is 15.3. The average Bonchev–Trinajstić information content (AvgIpc) is 2.49. The van der Waals surface area contributed by atoms with E-state index in [2.05, 4.69) is 12.2 Å². The van der Waals surface area contributed by atoms with Gasteiger partial charge in [0.25, 0.3) is 0 Å². The molecule has 0 unspecified atom stereocenters. The third-order valence-corrected chi connectivity index (χ3v) is 3.54. The van der Waals surface area contributed by atoms with Crippen LogP contribution in [0.5, 0.6) is 0 Å². The molecule has 0 aliphatic heterocycles. The smallest absolute Gasteiger partial charge is 0.248 e. The second kappa shape index (κ2) is 7.09. The van der Waals surface area contributed by atoms with E-state index in [1.54, 1.807) is 18.2 Å². The van der Waals surface area contributed by atoms with E-state index in [-0.39, 0.29) is 5.91 Å². The number of hydrogen-bond donors (Lipinski definition) is 1. The summed E-state index contributed by atoms with van der Waals surface area (Å²) in [6.07, 6.45) is 4.20. The van der Waals surface area contributed by atoms with Gasteiger partial charge in [0.05, 0.1) is 0 Å². The summed E-state index contributed by atoms with van der Waals surface area (Å²) in [4.78, 5) is 12.0. The van der Waals surface area contributed by atoms with E-state index in [0.29, 0.717) is 5.02 Å². The van der Waals surface area contributed by atoms with E-state index in [1.165, 1.54) is 6.08 Å². The first-order valence-electron chi connectivity index (χ1n) is 6.93. The Balaban J connectivity index is 2.10. The molecule has 0 fully saturated rings. The number of halogens is 1. The molecule has 0 aliphatic carbocycles. The standard InChI is InChI=1S/C18H18ClNO/c1-3-15-6-4-5-13(2)18(15)20-17(21)12-9-14-7-10-16(19)11-8-14/h4-12H,3H2,1-2H3,(H,20,21). The molecule has 2 aromatic rings. The molecule has 0 saturated heterocycles. The van der Waals surface area contributed by atoms with E-state index in [9.17, 15) is 4.79 Å². The highest BCUT2D eigenvalue weighted by atomic mass is 35.5. The molecule has 2 nitrogen and oxygen atoms in total. The second-order valence-corrected chi connectivity index (χ2v) is 5.27. The Kier molecular flexibility index (Phi) is 5.18. The van der Waals surface area contributed by atoms with Crippen LogP contribution in [-0.4, -0.2) is 5.91 Å². The molecule has 0 aliphatic rings. The summed E-state index contributed by atoms with van der Waals surface area (Å²) in [5, 5.41) is 3.64. The van der Waals surface area contributed by atoms with E-state index in [4.69, 9.17) is 11.6 Å². The highest BCUT2D eigenvalue weighted by Crippen LogP contribution is 2.21. The van der Waals surface area contributed by atoms with Crippen LogP contribution in [0.1, 0.15) is 23.6 Å². The fourth-order valence-electron chi connectivity index (χ4n) is 2.11. The topological polar surface area (TPSA) is 29.1 Å². The minimum atomic E-state index is -0.131. The summed E-state index contributed by atoms with van der Waals surface area (Å²) < 4.78 is 0. The molecular weight excluding hydrogens is 282 g/mol. The van der Waals surface area contributed by atoms with Crippen LogP contribution >= 0.6 is 11.6 Å². The number of nitrogens with one attached hydrogen (secondary N) is 1. The SMILES string of the molecule is CCc1cccc(C)c1NC(=O)C=Cc1ccc(Cl)cc1. The van der Waals surface area contributed by atoms with Gasteiger partial charge in [-0.15, -0.1) is 0 Å². The van der Waals surface area contributed by atoms with E-state index in [0.717, 1.165) is 28.8 Å². The summed E-state index contributed by atoms with van der Waals surface area (Å²) in [6.45, 7) is 4.08. The lowest BCUT2D eigenvalue weighted by Gasteiger charge is -2.11. The van der Waals surface area contributed by atoms with Crippen LogP contribution in [0.2, 0.25) is 5.02 Å². The van der Waals surface area contributed by atoms with E-state index < -0.39 is 0 Å². The van der Waals surface area contributed by atoms with Crippen LogP contribution in [-0.2, 0) is 11.2 Å². The van der Waals surface area contributed by atoms with Crippen molar-refractivity contribution in [3.8, 4) is 0 Å². The van der Waals surface area contributed by atoms with Crippen LogP contribution < -0.4 is 5.32 Å². The molecular formula is C18H18ClNO. The van der Waals surface area contributed by atoms with Crippen LogP contribution in [0.15, 0.2) is 48.5 Å². The fourth-order valence-corrected chi connectivity index (χ4v) is 2.24. The predicted octanol–water partition coefficient (Wildman–Crippen LogP) is 4.86. The normalized spacial score (nSPS) is 10.8. The maximum absolute atomic E-state index is 12.0. The Labute approximate surface area is 130 Å². The number of aryl methyl sites for hydroxylation is 2. The van der Waals surface area contributed by atoms with Crippen LogP contribution in [0, 0.1) is 6.92 Å². The summed E-state index contributed by atoms with van der Waals surface area (Å²) in [5.74, 6) is -0.131. The van der Waals surface area contributed by atoms with Gasteiger partial charge in [0.15, 0.2) is 0 Å². The maximum atomic E-state index is 12.0. The third kappa shape index (κ3) is 4.20. The molecule has 0 heterocycles. The number of amides is 1. The van der Waals surface area contributed by atoms with Gasteiger partial charge < -0.3 is 5.32 Å². The first-order valence-corrected chi connectivity index (χ1v) is 7.31. The molecule has 0 saturated carbocycles. The van der Waals surface area contributed by atoms with Gasteiger partial charge >= 0.3 is 0 Å². The van der Waals surface area contributed by atoms with Crippen LogP contribution in [0.25, 0.3) is 6.08 Å². The number of para-hydroxylation sites is 1. The summed E-state index contributed by atoms with van der Waals surface area (Å²) >= 11 is 5.83. The number of carbonyl (C=O) groups is 1. The van der Waals surface area contributed by atoms with Crippen molar-refractivity contribution in [1.29, 1.82) is 0 Å². The van der Waals surface area contributed by atoms with Gasteiger partial charge in [-0.25, -0.2) is 0 Å². The fraction of sp³-hybridized carbons (Fsp3) is 0.167. The summed E-state index contributed by atoms with van der Waals surface area (Å²) in [5.41, 5.74) is 4.06. The lowest BCUT2D eigenvalue weighted by molar-refractivity contribution is -0.111. The van der Waals surface area contributed by atoms with Crippen LogP contribution in [0.3, 0.4) is 0 Å². The lowest BCUT2D eigenvalue weighted by atomic mass is 10.1. The molecule has 3 heteroatoms. The molecule has 0 aromatic heterocycles. The summed E-state index contributed by atoms with van der Waals surface area (Å²) in [7, 11) is 0. The molecule has 0 bridgehead atoms. The number of carbonyl (C=O) groups excluding carboxylic acids is 1. The largest absolute Gasteiger partial charge is 0.322 e. The van der Waals surface area contributed by atoms with Crippen molar-refractivity contribution in [3.63, 3.8) is 0 Å². The predicted molar refractivity (Wildman–Crippen MR) is 89.7 cm³/mol. The molecule has 21 heavy (non-hydrogen) atoms. The Morgan fingerprint density at radius 1 is 1.19 bits per heavy atom. The Hall–Kier alpha value is -2.06. The maximum Gasteiger partial charge on any atom is 0.248 e. The minimum absolute atomic E-state index is 0.131. The molecule has 0 atom stereocenters. The van der Waals surface area contributed by atoms with Gasteiger partial charge in [-0.2, -0.15) is 0 Å². The number of benzene rings is 2. The first-order chi connectivity index (χ1) is 10.1. The van der Waals surface area contributed by atoms with Gasteiger partial charge in [0.1, 0.15) is 0 Å². The van der Waals surface area contributed by atoms with E-state index >= 15 is 0 Å². The lowest BCUT2D eigenvalue weighted by Crippen LogP contribution is -2.11. The van der Waals surface area contributed by atoms with Crippen molar-refractivity contribution < 1.29 is 4.79 Å². The van der Waals surface area contributed by atoms with Crippen molar-refractivity contribution in [2.75, 3.05) is 5.32 Å². The number of rotatable bonds is 4. The number of anilines is 1. The van der Waals surface area contributed by atoms with Gasteiger partial charge in [-0.1, -0.05) is 48.9 Å². The summed E-state index contributed by atoms with van der Waals surface area (Å²) in [6, 6.07) is 13.4. The molecule has 2 aromatic carbocycles. The highest BCUT2D eigenvalue weighted by molar-refractivity contribution is 6.30. The van der Waals surface area contributed by atoms with Crippen LogP contribution in [0.4, 0.5) is 5.69 Å². The zero-order valence-electron chi connectivity index (χ0n) is 12.2. The van der Waals surface area contributed by atoms with Gasteiger partial charge in [0.2, 0.25) is 5.91 Å². The highest BCUT2D eigenvalue weighted by Gasteiger charge is 2.06. The van der Waals surface area contributed by atoms with Gasteiger partial charge in [0, 0.05) is 16.8 Å². The minimum Gasteiger partial charge on any atom is -0.322 e. The Morgan fingerprint density at radius 2 is 1.90 bits per heavy atom. The van der Waals surface area contributed by atoms with Crippen molar-refractivity contribution in [2.24, 2.45) is 0 Å². The second-order valence-electron chi connectivity index (χ2n) is 4.84. The Bertz CT molecular complexity index is 659. The average molecular weight is 300 g/mol. The zero-order valence-corrected chi connectivity index (χ0v) is 12.9. The zero-order chi connectivity index (χ0) is 15.2. The molecule has 108 valence electrons. The molecule has 0 radical (unpaired) electrons. The molecule has 2 rings (SSSR count). The van der Waals surface area contributed by atoms with E-state index in [1.807, 2.05) is 37.3 Å². The monoisotopic (exact) mass is 299 g/mol. The van der Waals surface area contributed by atoms with Crippen molar-refractivity contribution in [3.05, 3.63) is 70.3 Å².